The van der Waals surface area contributed by atoms with Gasteiger partial charge in [-0.25, -0.2) is 0 Å². The Kier molecular flexibility index (Phi) is 4.49. The summed E-state index contributed by atoms with van der Waals surface area (Å²) < 4.78 is 0. The van der Waals surface area contributed by atoms with Gasteiger partial charge in [-0.05, 0) is 18.8 Å². The monoisotopic (exact) mass is 211 g/mol. The summed E-state index contributed by atoms with van der Waals surface area (Å²) in [5.41, 5.74) is 0. The van der Waals surface area contributed by atoms with Crippen molar-refractivity contribution < 1.29 is 14.4 Å². The number of amides is 2. The van der Waals surface area contributed by atoms with Gasteiger partial charge >= 0.3 is 0 Å². The second-order valence-electron chi connectivity index (χ2n) is 3.83. The lowest BCUT2D eigenvalue weighted by atomic mass is 10.1. The topological polar surface area (TPSA) is 46.6 Å². The van der Waals surface area contributed by atoms with Gasteiger partial charge in [0, 0.05) is 12.8 Å². The molecule has 0 radical (unpaired) electrons. The summed E-state index contributed by atoms with van der Waals surface area (Å²) in [5, 5.41) is 0.903. The number of carbonyl (C=O) groups excluding carboxylic acids is 2. The van der Waals surface area contributed by atoms with Crippen molar-refractivity contribution in [1.29, 1.82) is 0 Å². The van der Waals surface area contributed by atoms with Crippen molar-refractivity contribution in [2.75, 3.05) is 6.61 Å². The molecule has 4 nitrogen and oxygen atoms in total. The average molecular weight is 211 g/mol. The van der Waals surface area contributed by atoms with Gasteiger partial charge in [0.25, 0.3) is 11.8 Å². The van der Waals surface area contributed by atoms with Gasteiger partial charge in [0.1, 0.15) is 0 Å². The summed E-state index contributed by atoms with van der Waals surface area (Å²) in [6, 6.07) is 0. The summed E-state index contributed by atoms with van der Waals surface area (Å²) in [6.07, 6.45) is 4.16. The fourth-order valence-electron chi connectivity index (χ4n) is 1.45. The summed E-state index contributed by atoms with van der Waals surface area (Å²) in [5.74, 6) is 0.0167. The maximum absolute atomic E-state index is 11.2. The largest absolute Gasteiger partial charge is 0.272 e. The molecule has 0 aromatic heterocycles. The Hall–Kier alpha value is -1.16. The van der Waals surface area contributed by atoms with E-state index in [1.165, 1.54) is 0 Å². The van der Waals surface area contributed by atoms with Crippen LogP contribution in [-0.4, -0.2) is 23.5 Å². The zero-order valence-electron chi connectivity index (χ0n) is 9.07. The molecule has 15 heavy (non-hydrogen) atoms. The molecule has 1 aliphatic rings. The van der Waals surface area contributed by atoms with Crippen LogP contribution in [0, 0.1) is 5.92 Å². The highest BCUT2D eigenvalue weighted by Crippen LogP contribution is 2.14. The summed E-state index contributed by atoms with van der Waals surface area (Å²) in [7, 11) is 0. The maximum atomic E-state index is 11.2. The van der Waals surface area contributed by atoms with E-state index in [-0.39, 0.29) is 24.7 Å². The van der Waals surface area contributed by atoms with Crippen LogP contribution >= 0.6 is 0 Å². The van der Waals surface area contributed by atoms with Crippen LogP contribution < -0.4 is 0 Å². The number of hydroxylamine groups is 2. The van der Waals surface area contributed by atoms with Crippen LogP contribution in [0.15, 0.2) is 12.7 Å². The van der Waals surface area contributed by atoms with E-state index in [1.54, 1.807) is 0 Å². The molecular formula is C11H17NO3. The van der Waals surface area contributed by atoms with Crippen LogP contribution in [-0.2, 0) is 14.4 Å². The molecule has 0 aliphatic carbocycles. The van der Waals surface area contributed by atoms with Crippen molar-refractivity contribution >= 4 is 11.8 Å². The molecule has 2 amide bonds. The molecule has 1 aliphatic heterocycles. The van der Waals surface area contributed by atoms with Crippen molar-refractivity contribution in [3.05, 3.63) is 12.7 Å². The maximum Gasteiger partial charge on any atom is 0.253 e. The molecule has 1 fully saturated rings. The summed E-state index contributed by atoms with van der Waals surface area (Å²) >= 11 is 0. The molecule has 0 aromatic rings. The number of imide groups is 1. The molecule has 0 aromatic carbocycles. The Labute approximate surface area is 89.8 Å². The van der Waals surface area contributed by atoms with Crippen molar-refractivity contribution in [3.63, 3.8) is 0 Å². The van der Waals surface area contributed by atoms with Crippen LogP contribution in [0.25, 0.3) is 0 Å². The van der Waals surface area contributed by atoms with Gasteiger partial charge in [0.2, 0.25) is 0 Å². The normalized spacial score (nSPS) is 18.3. The van der Waals surface area contributed by atoms with Gasteiger partial charge in [-0.3, -0.25) is 14.4 Å². The average Bonchev–Trinajstić information content (AvgIpc) is 2.49. The first kappa shape index (κ1) is 11.9. The number of allylic oxidation sites excluding steroid dienone is 1. The molecule has 4 heteroatoms. The second kappa shape index (κ2) is 5.66. The van der Waals surface area contributed by atoms with Gasteiger partial charge in [0.15, 0.2) is 0 Å². The highest BCUT2D eigenvalue weighted by atomic mass is 16.7. The number of hydrogen-bond donors (Lipinski definition) is 0. The lowest BCUT2D eigenvalue weighted by Gasteiger charge is -2.14. The van der Waals surface area contributed by atoms with E-state index >= 15 is 0 Å². The van der Waals surface area contributed by atoms with Gasteiger partial charge in [-0.1, -0.05) is 13.0 Å². The number of hydrogen-bond acceptors (Lipinski definition) is 3. The van der Waals surface area contributed by atoms with Gasteiger partial charge < -0.3 is 0 Å². The van der Waals surface area contributed by atoms with Gasteiger partial charge in [-0.2, -0.15) is 5.06 Å². The fraction of sp³-hybridized carbons (Fsp3) is 0.636. The third-order valence-electron chi connectivity index (χ3n) is 2.41. The predicted octanol–water partition coefficient (Wildman–Crippen LogP) is 1.67. The van der Waals surface area contributed by atoms with Crippen molar-refractivity contribution in [1.82, 2.24) is 5.06 Å². The Morgan fingerprint density at radius 1 is 1.47 bits per heavy atom. The predicted molar refractivity (Wildman–Crippen MR) is 55.6 cm³/mol. The standard InChI is InChI=1S/C11H17NO3/c1-3-4-9(2)7-8-15-12-10(13)5-6-11(12)14/h3,9H,1,4-8H2,2H3. The molecule has 1 saturated heterocycles. The van der Waals surface area contributed by atoms with E-state index in [0.29, 0.717) is 12.5 Å². The van der Waals surface area contributed by atoms with Crippen LogP contribution in [0.2, 0.25) is 0 Å². The first-order valence-corrected chi connectivity index (χ1v) is 5.24. The van der Waals surface area contributed by atoms with E-state index in [1.807, 2.05) is 6.08 Å². The number of nitrogens with zero attached hydrogens (tertiary/aromatic N) is 1. The molecule has 1 heterocycles. The van der Waals surface area contributed by atoms with Gasteiger partial charge in [0.05, 0.1) is 6.61 Å². The second-order valence-corrected chi connectivity index (χ2v) is 3.83. The van der Waals surface area contributed by atoms with Gasteiger partial charge in [-0.15, -0.1) is 6.58 Å². The lowest BCUT2D eigenvalue weighted by Crippen LogP contribution is -2.30. The zero-order chi connectivity index (χ0) is 11.3. The summed E-state index contributed by atoms with van der Waals surface area (Å²) in [4.78, 5) is 27.4. The zero-order valence-corrected chi connectivity index (χ0v) is 9.07. The third kappa shape index (κ3) is 3.47. The minimum atomic E-state index is -0.226. The minimum Gasteiger partial charge on any atom is -0.272 e. The van der Waals surface area contributed by atoms with Crippen molar-refractivity contribution in [2.45, 2.75) is 32.6 Å². The molecule has 1 unspecified atom stereocenters. The highest BCUT2D eigenvalue weighted by molar-refractivity contribution is 6.00. The van der Waals surface area contributed by atoms with E-state index in [4.69, 9.17) is 4.84 Å². The Balaban J connectivity index is 2.22. The molecule has 0 N–H and O–H groups in total. The van der Waals surface area contributed by atoms with Crippen LogP contribution in [0.3, 0.4) is 0 Å². The van der Waals surface area contributed by atoms with Crippen LogP contribution in [0.1, 0.15) is 32.6 Å². The third-order valence-corrected chi connectivity index (χ3v) is 2.41. The van der Waals surface area contributed by atoms with E-state index in [0.717, 1.165) is 17.9 Å². The molecule has 0 spiro atoms. The molecule has 0 saturated carbocycles. The highest BCUT2D eigenvalue weighted by Gasteiger charge is 2.29. The van der Waals surface area contributed by atoms with Crippen LogP contribution in [0.4, 0.5) is 0 Å². The molecule has 1 rings (SSSR count). The first-order valence-electron chi connectivity index (χ1n) is 5.24. The number of rotatable bonds is 6. The molecular weight excluding hydrogens is 194 g/mol. The Bertz CT molecular complexity index is 247. The SMILES string of the molecule is C=CCC(C)CCON1C(=O)CCC1=O. The van der Waals surface area contributed by atoms with E-state index in [9.17, 15) is 9.59 Å². The fourth-order valence-corrected chi connectivity index (χ4v) is 1.45. The van der Waals surface area contributed by atoms with Crippen LogP contribution in [0.5, 0.6) is 0 Å². The minimum absolute atomic E-state index is 0.226. The van der Waals surface area contributed by atoms with E-state index in [2.05, 4.69) is 13.5 Å². The Morgan fingerprint density at radius 3 is 2.60 bits per heavy atom. The number of carbonyl (C=O) groups is 2. The quantitative estimate of drug-likeness (QED) is 0.496. The smallest absolute Gasteiger partial charge is 0.253 e. The lowest BCUT2D eigenvalue weighted by molar-refractivity contribution is -0.188. The molecule has 0 bridgehead atoms. The molecule has 1 atom stereocenters. The van der Waals surface area contributed by atoms with Crippen molar-refractivity contribution in [2.24, 2.45) is 5.92 Å². The summed E-state index contributed by atoms with van der Waals surface area (Å²) in [6.45, 7) is 6.14. The molecule has 84 valence electrons. The Morgan fingerprint density at radius 2 is 2.07 bits per heavy atom. The first-order chi connectivity index (χ1) is 7.15. The van der Waals surface area contributed by atoms with Crippen molar-refractivity contribution in [3.8, 4) is 0 Å². The van der Waals surface area contributed by atoms with E-state index < -0.39 is 0 Å².